The standard InChI is InChI=1S/C19H30O7/c1-24-14-9-7-13(8-10-14)6-4-2-3-5-11-25-19-18(23)17(22)16(21)15(12-20)26-19/h7-10,15-23H,2-6,11-12H2,1H3. The third-order valence-corrected chi connectivity index (χ3v) is 4.65. The first-order valence-corrected chi connectivity index (χ1v) is 9.12. The van der Waals surface area contributed by atoms with Crippen molar-refractivity contribution < 1.29 is 34.6 Å². The minimum Gasteiger partial charge on any atom is -0.497 e. The van der Waals surface area contributed by atoms with Crippen LogP contribution in [0.5, 0.6) is 5.75 Å². The Hall–Kier alpha value is -1.22. The number of ether oxygens (including phenoxy) is 3. The lowest BCUT2D eigenvalue weighted by atomic mass is 9.99. The van der Waals surface area contributed by atoms with E-state index in [1.807, 2.05) is 12.1 Å². The first-order valence-electron chi connectivity index (χ1n) is 9.12. The molecular weight excluding hydrogens is 340 g/mol. The van der Waals surface area contributed by atoms with Crippen molar-refractivity contribution in [2.45, 2.75) is 62.8 Å². The molecule has 0 saturated carbocycles. The molecule has 1 aromatic rings. The number of hydrogen-bond donors (Lipinski definition) is 4. The zero-order chi connectivity index (χ0) is 18.9. The van der Waals surface area contributed by atoms with E-state index >= 15 is 0 Å². The van der Waals surface area contributed by atoms with Crippen molar-refractivity contribution >= 4 is 0 Å². The van der Waals surface area contributed by atoms with Crippen LogP contribution in [-0.2, 0) is 15.9 Å². The largest absolute Gasteiger partial charge is 0.497 e. The van der Waals surface area contributed by atoms with Crippen LogP contribution in [0.3, 0.4) is 0 Å². The summed E-state index contributed by atoms with van der Waals surface area (Å²) in [4.78, 5) is 0. The van der Waals surface area contributed by atoms with Crippen molar-refractivity contribution in [2.24, 2.45) is 0 Å². The van der Waals surface area contributed by atoms with E-state index in [0.717, 1.165) is 37.9 Å². The molecule has 7 nitrogen and oxygen atoms in total. The van der Waals surface area contributed by atoms with Gasteiger partial charge in [-0.2, -0.15) is 0 Å². The summed E-state index contributed by atoms with van der Waals surface area (Å²) in [5.74, 6) is 0.860. The van der Waals surface area contributed by atoms with Gasteiger partial charge in [0.1, 0.15) is 30.2 Å². The van der Waals surface area contributed by atoms with E-state index in [2.05, 4.69) is 12.1 Å². The zero-order valence-corrected chi connectivity index (χ0v) is 15.2. The lowest BCUT2D eigenvalue weighted by Gasteiger charge is -2.39. The summed E-state index contributed by atoms with van der Waals surface area (Å²) in [5.41, 5.74) is 1.28. The Labute approximate surface area is 154 Å². The Kier molecular flexibility index (Phi) is 8.77. The molecule has 1 heterocycles. The Morgan fingerprint density at radius 1 is 0.923 bits per heavy atom. The molecule has 1 aliphatic rings. The molecular formula is C19H30O7. The normalized spacial score (nSPS) is 28.9. The SMILES string of the molecule is COc1ccc(CCCCCCOC2OC(CO)C(O)C(O)C2O)cc1. The van der Waals surface area contributed by atoms with Gasteiger partial charge in [-0.25, -0.2) is 0 Å². The summed E-state index contributed by atoms with van der Waals surface area (Å²) in [6, 6.07) is 8.06. The molecule has 0 amide bonds. The van der Waals surface area contributed by atoms with Crippen LogP contribution in [0.25, 0.3) is 0 Å². The van der Waals surface area contributed by atoms with Gasteiger partial charge in [0.25, 0.3) is 0 Å². The van der Waals surface area contributed by atoms with E-state index in [0.29, 0.717) is 6.61 Å². The maximum absolute atomic E-state index is 9.87. The van der Waals surface area contributed by atoms with Gasteiger partial charge in [0.15, 0.2) is 6.29 Å². The highest BCUT2D eigenvalue weighted by Crippen LogP contribution is 2.22. The summed E-state index contributed by atoms with van der Waals surface area (Å²) in [5, 5.41) is 38.4. The quantitative estimate of drug-likeness (QED) is 0.447. The topological polar surface area (TPSA) is 109 Å². The zero-order valence-electron chi connectivity index (χ0n) is 15.2. The molecule has 5 atom stereocenters. The van der Waals surface area contributed by atoms with Crippen LogP contribution in [0.15, 0.2) is 24.3 Å². The molecule has 1 fully saturated rings. The summed E-state index contributed by atoms with van der Waals surface area (Å²) in [6.45, 7) is -0.0681. The van der Waals surface area contributed by atoms with Crippen LogP contribution >= 0.6 is 0 Å². The van der Waals surface area contributed by atoms with E-state index in [-0.39, 0.29) is 0 Å². The minimum absolute atomic E-state index is 0.380. The third-order valence-electron chi connectivity index (χ3n) is 4.65. The fraction of sp³-hybridized carbons (Fsp3) is 0.684. The first-order chi connectivity index (χ1) is 12.6. The first kappa shape index (κ1) is 21.1. The molecule has 0 aromatic heterocycles. The number of rotatable bonds is 10. The number of aliphatic hydroxyl groups excluding tert-OH is 4. The van der Waals surface area contributed by atoms with E-state index in [1.165, 1.54) is 5.56 Å². The number of methoxy groups -OCH3 is 1. The van der Waals surface area contributed by atoms with E-state index in [1.54, 1.807) is 7.11 Å². The Balaban J connectivity index is 1.58. The van der Waals surface area contributed by atoms with Crippen molar-refractivity contribution in [2.75, 3.05) is 20.3 Å². The van der Waals surface area contributed by atoms with Crippen molar-refractivity contribution in [1.29, 1.82) is 0 Å². The molecule has 148 valence electrons. The predicted molar refractivity (Wildman–Crippen MR) is 94.9 cm³/mol. The lowest BCUT2D eigenvalue weighted by molar-refractivity contribution is -0.301. The number of hydrogen-bond acceptors (Lipinski definition) is 7. The Morgan fingerprint density at radius 2 is 1.62 bits per heavy atom. The fourth-order valence-electron chi connectivity index (χ4n) is 2.98. The highest BCUT2D eigenvalue weighted by Gasteiger charge is 2.43. The van der Waals surface area contributed by atoms with Crippen LogP contribution < -0.4 is 4.74 Å². The van der Waals surface area contributed by atoms with E-state index in [4.69, 9.17) is 19.3 Å². The average molecular weight is 370 g/mol. The van der Waals surface area contributed by atoms with Gasteiger partial charge in [0.2, 0.25) is 0 Å². The summed E-state index contributed by atoms with van der Waals surface area (Å²) >= 11 is 0. The van der Waals surface area contributed by atoms with Gasteiger partial charge < -0.3 is 34.6 Å². The highest BCUT2D eigenvalue weighted by atomic mass is 16.7. The van der Waals surface area contributed by atoms with Gasteiger partial charge in [-0.3, -0.25) is 0 Å². The molecule has 1 aromatic carbocycles. The maximum atomic E-state index is 9.87. The smallest absolute Gasteiger partial charge is 0.186 e. The second-order valence-electron chi connectivity index (χ2n) is 6.58. The molecule has 0 spiro atoms. The predicted octanol–water partition coefficient (Wildman–Crippen LogP) is 0.615. The van der Waals surface area contributed by atoms with Crippen molar-refractivity contribution in [3.63, 3.8) is 0 Å². The summed E-state index contributed by atoms with van der Waals surface area (Å²) in [6.07, 6.45) is -1.11. The molecule has 0 bridgehead atoms. The lowest BCUT2D eigenvalue weighted by Crippen LogP contribution is -2.59. The second kappa shape index (κ2) is 10.8. The molecule has 0 radical (unpaired) electrons. The molecule has 26 heavy (non-hydrogen) atoms. The number of unbranched alkanes of at least 4 members (excludes halogenated alkanes) is 3. The molecule has 0 aliphatic carbocycles. The second-order valence-corrected chi connectivity index (χ2v) is 6.58. The van der Waals surface area contributed by atoms with Gasteiger partial charge in [-0.15, -0.1) is 0 Å². The van der Waals surface area contributed by atoms with Crippen LogP contribution in [0, 0.1) is 0 Å². The van der Waals surface area contributed by atoms with Gasteiger partial charge in [-0.05, 0) is 37.0 Å². The van der Waals surface area contributed by atoms with Crippen molar-refractivity contribution in [1.82, 2.24) is 0 Å². The minimum atomic E-state index is -1.39. The average Bonchev–Trinajstić information content (AvgIpc) is 2.67. The molecule has 5 unspecified atom stereocenters. The van der Waals surface area contributed by atoms with Gasteiger partial charge in [0, 0.05) is 6.61 Å². The van der Waals surface area contributed by atoms with Crippen LogP contribution in [0.4, 0.5) is 0 Å². The van der Waals surface area contributed by atoms with Crippen molar-refractivity contribution in [3.05, 3.63) is 29.8 Å². The molecule has 1 saturated heterocycles. The summed E-state index contributed by atoms with van der Waals surface area (Å²) < 4.78 is 15.9. The maximum Gasteiger partial charge on any atom is 0.186 e. The highest BCUT2D eigenvalue weighted by molar-refractivity contribution is 5.27. The van der Waals surface area contributed by atoms with Crippen molar-refractivity contribution in [3.8, 4) is 5.75 Å². The summed E-state index contributed by atoms with van der Waals surface area (Å²) in [7, 11) is 1.65. The third kappa shape index (κ3) is 5.90. The van der Waals surface area contributed by atoms with Gasteiger partial charge in [0.05, 0.1) is 13.7 Å². The number of aryl methyl sites for hydroxylation is 1. The monoisotopic (exact) mass is 370 g/mol. The fourth-order valence-corrected chi connectivity index (χ4v) is 2.98. The molecule has 7 heteroatoms. The Morgan fingerprint density at radius 3 is 2.27 bits per heavy atom. The van der Waals surface area contributed by atoms with Crippen LogP contribution in [-0.4, -0.2) is 71.5 Å². The van der Waals surface area contributed by atoms with Gasteiger partial charge >= 0.3 is 0 Å². The van der Waals surface area contributed by atoms with E-state index < -0.39 is 37.3 Å². The van der Waals surface area contributed by atoms with Gasteiger partial charge in [-0.1, -0.05) is 25.0 Å². The Bertz CT molecular complexity index is 505. The molecule has 2 rings (SSSR count). The number of aliphatic hydroxyl groups is 4. The molecule has 4 N–H and O–H groups in total. The van der Waals surface area contributed by atoms with Crippen LogP contribution in [0.2, 0.25) is 0 Å². The molecule has 1 aliphatic heterocycles. The van der Waals surface area contributed by atoms with E-state index in [9.17, 15) is 15.3 Å². The number of benzene rings is 1. The van der Waals surface area contributed by atoms with Crippen LogP contribution in [0.1, 0.15) is 31.2 Å².